The Hall–Kier alpha value is -1.67. The fraction of sp³-hybridized carbons (Fsp3) is 0.667. The Morgan fingerprint density at radius 1 is 1.06 bits per heavy atom. The lowest BCUT2D eigenvalue weighted by Crippen LogP contribution is -2.12. The fourth-order valence-electron chi connectivity index (χ4n) is 1.13. The molecule has 0 unspecified atom stereocenters. The summed E-state index contributed by atoms with van der Waals surface area (Å²) in [5.41, 5.74) is 10.8. The second kappa shape index (κ2) is 7.58. The predicted octanol–water partition coefficient (Wildman–Crippen LogP) is -0.151. The molecule has 0 saturated heterocycles. The summed E-state index contributed by atoms with van der Waals surface area (Å²) in [4.78, 5) is 11.3. The van der Waals surface area contributed by atoms with E-state index in [1.165, 1.54) is 0 Å². The molecule has 17 heavy (non-hydrogen) atoms. The first-order chi connectivity index (χ1) is 8.22. The SMILES string of the molecule is COCCCCOCNc1nc(N)nc(N)n1. The van der Waals surface area contributed by atoms with Crippen LogP contribution < -0.4 is 16.8 Å². The lowest BCUT2D eigenvalue weighted by atomic mass is 10.3. The monoisotopic (exact) mass is 242 g/mol. The highest BCUT2D eigenvalue weighted by Gasteiger charge is 2.00. The van der Waals surface area contributed by atoms with Crippen molar-refractivity contribution in [3.63, 3.8) is 0 Å². The Morgan fingerprint density at radius 2 is 1.71 bits per heavy atom. The maximum Gasteiger partial charge on any atom is 0.231 e. The lowest BCUT2D eigenvalue weighted by molar-refractivity contribution is 0.132. The highest BCUT2D eigenvalue weighted by atomic mass is 16.5. The van der Waals surface area contributed by atoms with E-state index in [0.717, 1.165) is 19.4 Å². The van der Waals surface area contributed by atoms with Gasteiger partial charge in [-0.05, 0) is 12.8 Å². The van der Waals surface area contributed by atoms with Gasteiger partial charge in [-0.15, -0.1) is 0 Å². The van der Waals surface area contributed by atoms with E-state index in [1.807, 2.05) is 0 Å². The third kappa shape index (κ3) is 5.83. The number of nitrogens with one attached hydrogen (secondary N) is 1. The van der Waals surface area contributed by atoms with Crippen molar-refractivity contribution in [3.05, 3.63) is 0 Å². The Balaban J connectivity index is 2.13. The number of nitrogen functional groups attached to an aromatic ring is 2. The molecular formula is C9H18N6O2. The standard InChI is InChI=1S/C9H18N6O2/c1-16-4-2-3-5-17-6-12-9-14-7(10)13-8(11)15-9/h2-6H2,1H3,(H5,10,11,12,13,14,15). The number of ether oxygens (including phenoxy) is 2. The predicted molar refractivity (Wildman–Crippen MR) is 64.2 cm³/mol. The van der Waals surface area contributed by atoms with Crippen LogP contribution in [-0.4, -0.2) is 42.0 Å². The van der Waals surface area contributed by atoms with Gasteiger partial charge in [-0.1, -0.05) is 0 Å². The van der Waals surface area contributed by atoms with E-state index in [-0.39, 0.29) is 11.9 Å². The summed E-state index contributed by atoms with van der Waals surface area (Å²) in [7, 11) is 1.68. The maximum atomic E-state index is 5.41. The molecule has 1 aromatic rings. The minimum absolute atomic E-state index is 0.0834. The zero-order valence-corrected chi connectivity index (χ0v) is 9.85. The van der Waals surface area contributed by atoms with Crippen molar-refractivity contribution >= 4 is 17.8 Å². The van der Waals surface area contributed by atoms with E-state index in [9.17, 15) is 0 Å². The Morgan fingerprint density at radius 3 is 2.35 bits per heavy atom. The highest BCUT2D eigenvalue weighted by Crippen LogP contribution is 2.02. The smallest absolute Gasteiger partial charge is 0.231 e. The molecule has 0 radical (unpaired) electrons. The molecular weight excluding hydrogens is 224 g/mol. The number of rotatable bonds is 8. The van der Waals surface area contributed by atoms with Crippen LogP contribution in [0.3, 0.4) is 0 Å². The van der Waals surface area contributed by atoms with Crippen LogP contribution in [0.15, 0.2) is 0 Å². The normalized spacial score (nSPS) is 10.4. The van der Waals surface area contributed by atoms with Crippen LogP contribution >= 0.6 is 0 Å². The number of nitrogens with two attached hydrogens (primary N) is 2. The summed E-state index contributed by atoms with van der Waals surface area (Å²) in [6.45, 7) is 1.69. The molecule has 0 aliphatic carbocycles. The molecule has 96 valence electrons. The summed E-state index contributed by atoms with van der Waals surface area (Å²) in [6.07, 6.45) is 1.92. The first-order valence-electron chi connectivity index (χ1n) is 5.30. The molecule has 0 spiro atoms. The molecule has 0 saturated carbocycles. The number of unbranched alkanes of at least 4 members (excludes halogenated alkanes) is 1. The van der Waals surface area contributed by atoms with Crippen LogP contribution in [0.5, 0.6) is 0 Å². The third-order valence-corrected chi connectivity index (χ3v) is 1.89. The van der Waals surface area contributed by atoms with Gasteiger partial charge < -0.3 is 26.3 Å². The minimum atomic E-state index is 0.0834. The van der Waals surface area contributed by atoms with Crippen LogP contribution in [0, 0.1) is 0 Å². The van der Waals surface area contributed by atoms with Crippen LogP contribution in [0.4, 0.5) is 17.8 Å². The summed E-state index contributed by atoms with van der Waals surface area (Å²) < 4.78 is 10.2. The van der Waals surface area contributed by atoms with Crippen LogP contribution in [-0.2, 0) is 9.47 Å². The summed E-state index contributed by atoms with van der Waals surface area (Å²) >= 11 is 0. The third-order valence-electron chi connectivity index (χ3n) is 1.89. The van der Waals surface area contributed by atoms with Gasteiger partial charge >= 0.3 is 0 Å². The van der Waals surface area contributed by atoms with E-state index in [4.69, 9.17) is 20.9 Å². The molecule has 1 heterocycles. The molecule has 0 amide bonds. The summed E-state index contributed by atoms with van der Waals surface area (Å²) in [5, 5.41) is 2.84. The van der Waals surface area contributed by atoms with Gasteiger partial charge in [0.15, 0.2) is 0 Å². The maximum absolute atomic E-state index is 5.41. The van der Waals surface area contributed by atoms with Gasteiger partial charge in [0.2, 0.25) is 17.8 Å². The second-order valence-electron chi connectivity index (χ2n) is 3.30. The molecule has 0 aromatic carbocycles. The molecule has 0 atom stereocenters. The summed E-state index contributed by atoms with van der Waals surface area (Å²) in [6, 6.07) is 0. The molecule has 8 heteroatoms. The van der Waals surface area contributed by atoms with Gasteiger partial charge in [-0.2, -0.15) is 15.0 Å². The quantitative estimate of drug-likeness (QED) is 0.425. The fourth-order valence-corrected chi connectivity index (χ4v) is 1.13. The Kier molecular flexibility index (Phi) is 5.97. The van der Waals surface area contributed by atoms with Crippen LogP contribution in [0.2, 0.25) is 0 Å². The van der Waals surface area contributed by atoms with Crippen molar-refractivity contribution in [1.82, 2.24) is 15.0 Å². The minimum Gasteiger partial charge on any atom is -0.385 e. The molecule has 0 bridgehead atoms. The topological polar surface area (TPSA) is 121 Å². The van der Waals surface area contributed by atoms with Crippen LogP contribution in [0.25, 0.3) is 0 Å². The van der Waals surface area contributed by atoms with Gasteiger partial charge in [0.05, 0.1) is 0 Å². The van der Waals surface area contributed by atoms with Gasteiger partial charge in [0.25, 0.3) is 0 Å². The second-order valence-corrected chi connectivity index (χ2v) is 3.30. The molecule has 1 rings (SSSR count). The summed E-state index contributed by atoms with van der Waals surface area (Å²) in [5.74, 6) is 0.479. The van der Waals surface area contributed by atoms with Gasteiger partial charge in [-0.25, -0.2) is 0 Å². The van der Waals surface area contributed by atoms with Crippen molar-refractivity contribution in [3.8, 4) is 0 Å². The Bertz CT molecular complexity index is 315. The van der Waals surface area contributed by atoms with E-state index >= 15 is 0 Å². The zero-order valence-electron chi connectivity index (χ0n) is 9.85. The van der Waals surface area contributed by atoms with Crippen molar-refractivity contribution < 1.29 is 9.47 Å². The van der Waals surface area contributed by atoms with Gasteiger partial charge in [0.1, 0.15) is 6.73 Å². The van der Waals surface area contributed by atoms with E-state index < -0.39 is 0 Å². The molecule has 0 aliphatic rings. The van der Waals surface area contributed by atoms with E-state index in [0.29, 0.717) is 19.3 Å². The Labute approximate surface area is 99.7 Å². The molecule has 0 aliphatic heterocycles. The van der Waals surface area contributed by atoms with Gasteiger partial charge in [0, 0.05) is 20.3 Å². The van der Waals surface area contributed by atoms with Crippen molar-refractivity contribution in [2.24, 2.45) is 0 Å². The number of methoxy groups -OCH3 is 1. The zero-order chi connectivity index (χ0) is 12.5. The average molecular weight is 242 g/mol. The highest BCUT2D eigenvalue weighted by molar-refractivity contribution is 5.36. The first kappa shape index (κ1) is 13.4. The number of nitrogens with zero attached hydrogens (tertiary/aromatic N) is 3. The van der Waals surface area contributed by atoms with Crippen molar-refractivity contribution in [2.75, 3.05) is 43.8 Å². The molecule has 0 fully saturated rings. The molecule has 1 aromatic heterocycles. The van der Waals surface area contributed by atoms with Crippen molar-refractivity contribution in [1.29, 1.82) is 0 Å². The van der Waals surface area contributed by atoms with E-state index in [1.54, 1.807) is 7.11 Å². The van der Waals surface area contributed by atoms with Crippen molar-refractivity contribution in [2.45, 2.75) is 12.8 Å². The van der Waals surface area contributed by atoms with Gasteiger partial charge in [-0.3, -0.25) is 0 Å². The largest absolute Gasteiger partial charge is 0.385 e. The first-order valence-corrected chi connectivity index (χ1v) is 5.30. The number of anilines is 3. The number of hydrogen-bond acceptors (Lipinski definition) is 8. The number of hydrogen-bond donors (Lipinski definition) is 3. The number of aromatic nitrogens is 3. The average Bonchev–Trinajstić information content (AvgIpc) is 2.26. The van der Waals surface area contributed by atoms with E-state index in [2.05, 4.69) is 20.3 Å². The lowest BCUT2D eigenvalue weighted by Gasteiger charge is -2.06. The van der Waals surface area contributed by atoms with Crippen LogP contribution in [0.1, 0.15) is 12.8 Å². The molecule has 5 N–H and O–H groups in total. The molecule has 8 nitrogen and oxygen atoms in total.